The van der Waals surface area contributed by atoms with Crippen LogP contribution in [0, 0.1) is 11.6 Å². The van der Waals surface area contributed by atoms with Crippen LogP contribution in [0.1, 0.15) is 43.2 Å². The van der Waals surface area contributed by atoms with E-state index in [2.05, 4.69) is 27.2 Å². The maximum atomic E-state index is 14.7. The molecule has 0 amide bonds. The van der Waals surface area contributed by atoms with Crippen LogP contribution in [0.3, 0.4) is 0 Å². The minimum Gasteiger partial charge on any atom is -0.319 e. The molecular formula is C24H31F2N5. The zero-order valence-corrected chi connectivity index (χ0v) is 18.9. The topological polar surface area (TPSA) is 58.5 Å². The van der Waals surface area contributed by atoms with E-state index in [0.29, 0.717) is 24.1 Å². The van der Waals surface area contributed by atoms with Gasteiger partial charge in [-0.25, -0.2) is 8.78 Å². The van der Waals surface area contributed by atoms with E-state index in [-0.39, 0.29) is 5.56 Å². The number of benzene rings is 1. The fourth-order valence-corrected chi connectivity index (χ4v) is 3.28. The quantitative estimate of drug-likeness (QED) is 0.512. The number of likely N-dealkylation sites (N-methyl/N-ethyl adjacent to an activating group) is 1. The monoisotopic (exact) mass is 427 g/mol. The van der Waals surface area contributed by atoms with Gasteiger partial charge in [-0.1, -0.05) is 13.0 Å². The second kappa shape index (κ2) is 11.4. The third-order valence-electron chi connectivity index (χ3n) is 4.74. The number of allylic oxidation sites excluding steroid dienone is 2. The second-order valence-corrected chi connectivity index (χ2v) is 7.24. The SMILES string of the molecule is C=CC.CCc1[nH]nc(-c2cnn(C)c2)c1/C=C(\C)c1c(F)cc(CCNC)cc1F. The Balaban J connectivity index is 0.00000107. The molecule has 0 saturated carbocycles. The van der Waals surface area contributed by atoms with Gasteiger partial charge in [0, 0.05) is 35.6 Å². The lowest BCUT2D eigenvalue weighted by molar-refractivity contribution is 0.572. The van der Waals surface area contributed by atoms with Crippen molar-refractivity contribution >= 4 is 11.6 Å². The summed E-state index contributed by atoms with van der Waals surface area (Å²) >= 11 is 0. The predicted octanol–water partition coefficient (Wildman–Crippen LogP) is 5.17. The van der Waals surface area contributed by atoms with Gasteiger partial charge in [0.05, 0.1) is 6.20 Å². The van der Waals surface area contributed by atoms with Gasteiger partial charge in [0.15, 0.2) is 0 Å². The number of nitrogens with one attached hydrogen (secondary N) is 2. The molecule has 1 aromatic carbocycles. The smallest absolute Gasteiger partial charge is 0.133 e. The number of aryl methyl sites for hydroxylation is 2. The lowest BCUT2D eigenvalue weighted by Gasteiger charge is -2.09. The van der Waals surface area contributed by atoms with Crippen LogP contribution in [0.15, 0.2) is 37.2 Å². The highest BCUT2D eigenvalue weighted by Crippen LogP contribution is 2.30. The Kier molecular flexibility index (Phi) is 8.88. The number of nitrogens with zero attached hydrogens (tertiary/aromatic N) is 3. The van der Waals surface area contributed by atoms with E-state index < -0.39 is 11.6 Å². The van der Waals surface area contributed by atoms with E-state index in [1.807, 2.05) is 34.1 Å². The van der Waals surface area contributed by atoms with Gasteiger partial charge in [0.1, 0.15) is 17.3 Å². The number of hydrogen-bond donors (Lipinski definition) is 2. The Hall–Kier alpha value is -3.06. The molecule has 0 bridgehead atoms. The van der Waals surface area contributed by atoms with Crippen molar-refractivity contribution in [1.82, 2.24) is 25.3 Å². The van der Waals surface area contributed by atoms with Gasteiger partial charge in [0.25, 0.3) is 0 Å². The summed E-state index contributed by atoms with van der Waals surface area (Å²) in [5, 5.41) is 14.6. The highest BCUT2D eigenvalue weighted by Gasteiger charge is 2.17. The molecule has 2 heterocycles. The van der Waals surface area contributed by atoms with Crippen molar-refractivity contribution in [2.45, 2.75) is 33.6 Å². The van der Waals surface area contributed by atoms with Gasteiger partial charge in [0.2, 0.25) is 0 Å². The van der Waals surface area contributed by atoms with E-state index in [1.165, 1.54) is 12.1 Å². The first-order chi connectivity index (χ1) is 14.9. The molecule has 2 aromatic heterocycles. The molecule has 0 aliphatic rings. The minimum absolute atomic E-state index is 0.00593. The number of hydrogen-bond acceptors (Lipinski definition) is 3. The molecule has 0 aliphatic carbocycles. The summed E-state index contributed by atoms with van der Waals surface area (Å²) in [6.45, 7) is 9.63. The first-order valence-electron chi connectivity index (χ1n) is 10.3. The number of aromatic amines is 1. The van der Waals surface area contributed by atoms with Crippen LogP contribution in [0.2, 0.25) is 0 Å². The Bertz CT molecular complexity index is 1020. The maximum Gasteiger partial charge on any atom is 0.133 e. The maximum absolute atomic E-state index is 14.7. The summed E-state index contributed by atoms with van der Waals surface area (Å²) < 4.78 is 31.1. The van der Waals surface area contributed by atoms with Gasteiger partial charge in [-0.15, -0.1) is 6.58 Å². The molecule has 0 aliphatic heterocycles. The van der Waals surface area contributed by atoms with Crippen LogP contribution in [-0.2, 0) is 19.9 Å². The van der Waals surface area contributed by atoms with E-state index in [1.54, 1.807) is 30.0 Å². The first kappa shape index (κ1) is 24.2. The third-order valence-corrected chi connectivity index (χ3v) is 4.74. The van der Waals surface area contributed by atoms with Crippen LogP contribution in [0.4, 0.5) is 8.78 Å². The van der Waals surface area contributed by atoms with E-state index in [9.17, 15) is 8.78 Å². The summed E-state index contributed by atoms with van der Waals surface area (Å²) in [7, 11) is 3.64. The number of halogens is 2. The Morgan fingerprint density at radius 3 is 2.45 bits per heavy atom. The zero-order valence-electron chi connectivity index (χ0n) is 18.9. The normalized spacial score (nSPS) is 11.3. The van der Waals surface area contributed by atoms with Gasteiger partial charge < -0.3 is 5.32 Å². The molecule has 2 N–H and O–H groups in total. The second-order valence-electron chi connectivity index (χ2n) is 7.24. The molecule has 5 nitrogen and oxygen atoms in total. The molecule has 0 unspecified atom stereocenters. The summed E-state index contributed by atoms with van der Waals surface area (Å²) in [5.74, 6) is -1.10. The number of aromatic nitrogens is 4. The predicted molar refractivity (Wildman–Crippen MR) is 124 cm³/mol. The van der Waals surface area contributed by atoms with Crippen molar-refractivity contribution in [3.8, 4) is 11.3 Å². The molecule has 0 radical (unpaired) electrons. The average molecular weight is 428 g/mol. The zero-order chi connectivity index (χ0) is 23.0. The van der Waals surface area contributed by atoms with Gasteiger partial charge in [-0.3, -0.25) is 9.78 Å². The van der Waals surface area contributed by atoms with E-state index >= 15 is 0 Å². The van der Waals surface area contributed by atoms with Crippen LogP contribution in [-0.4, -0.2) is 33.6 Å². The summed E-state index contributed by atoms with van der Waals surface area (Å²) in [6, 6.07) is 2.82. The molecule has 0 fully saturated rings. The van der Waals surface area contributed by atoms with Crippen LogP contribution in [0.5, 0.6) is 0 Å². The lowest BCUT2D eigenvalue weighted by Crippen LogP contribution is -2.11. The third kappa shape index (κ3) is 5.98. The molecule has 7 heteroatoms. The van der Waals surface area contributed by atoms with Crippen molar-refractivity contribution in [3.63, 3.8) is 0 Å². The number of rotatable bonds is 7. The first-order valence-corrected chi connectivity index (χ1v) is 10.3. The van der Waals surface area contributed by atoms with Crippen molar-refractivity contribution < 1.29 is 8.78 Å². The Labute approximate surface area is 182 Å². The summed E-state index contributed by atoms with van der Waals surface area (Å²) in [4.78, 5) is 0. The fourth-order valence-electron chi connectivity index (χ4n) is 3.28. The molecular weight excluding hydrogens is 396 g/mol. The highest BCUT2D eigenvalue weighted by atomic mass is 19.1. The summed E-state index contributed by atoms with van der Waals surface area (Å²) in [5.41, 5.74) is 4.44. The molecule has 0 atom stereocenters. The molecule has 0 saturated heterocycles. The van der Waals surface area contributed by atoms with Crippen molar-refractivity contribution in [3.05, 3.63) is 71.2 Å². The summed E-state index contributed by atoms with van der Waals surface area (Å²) in [6.07, 6.45) is 8.42. The van der Waals surface area contributed by atoms with Crippen LogP contribution in [0.25, 0.3) is 22.9 Å². The van der Waals surface area contributed by atoms with E-state index in [0.717, 1.165) is 28.9 Å². The van der Waals surface area contributed by atoms with Gasteiger partial charge in [-0.05, 0) is 69.6 Å². The molecule has 166 valence electrons. The van der Waals surface area contributed by atoms with Crippen molar-refractivity contribution in [1.29, 1.82) is 0 Å². The largest absolute Gasteiger partial charge is 0.319 e. The molecule has 31 heavy (non-hydrogen) atoms. The fraction of sp³-hybridized carbons (Fsp3) is 0.333. The Morgan fingerprint density at radius 1 is 1.29 bits per heavy atom. The van der Waals surface area contributed by atoms with Crippen LogP contribution < -0.4 is 5.32 Å². The lowest BCUT2D eigenvalue weighted by atomic mass is 9.98. The average Bonchev–Trinajstić information content (AvgIpc) is 3.32. The molecule has 0 spiro atoms. The standard InChI is InChI=1S/C21H25F2N5.C3H6/c1-5-19-16(21(27-26-19)15-11-25-28(4)12-15)8-13(2)20-17(22)9-14(6-7-24-3)10-18(20)23;1-3-2/h8-12,24H,5-7H2,1-4H3,(H,26,27);3H,1H2,2H3/b13-8+;. The number of H-pyrrole nitrogens is 1. The Morgan fingerprint density at radius 2 is 1.94 bits per heavy atom. The molecule has 3 rings (SSSR count). The van der Waals surface area contributed by atoms with Gasteiger partial charge in [-0.2, -0.15) is 10.2 Å². The van der Waals surface area contributed by atoms with Crippen molar-refractivity contribution in [2.75, 3.05) is 13.6 Å². The highest BCUT2D eigenvalue weighted by molar-refractivity contribution is 5.86. The van der Waals surface area contributed by atoms with Crippen molar-refractivity contribution in [2.24, 2.45) is 7.05 Å². The minimum atomic E-state index is -0.552. The molecule has 3 aromatic rings. The van der Waals surface area contributed by atoms with E-state index in [4.69, 9.17) is 0 Å². The van der Waals surface area contributed by atoms with Gasteiger partial charge >= 0.3 is 0 Å². The van der Waals surface area contributed by atoms with Crippen LogP contribution >= 0.6 is 0 Å².